The zero-order chi connectivity index (χ0) is 17.1. The number of rotatable bonds is 7. The van der Waals surface area contributed by atoms with E-state index < -0.39 is 33.1 Å². The Labute approximate surface area is 132 Å². The lowest BCUT2D eigenvalue weighted by molar-refractivity contribution is -0.151. The third-order valence-electron chi connectivity index (χ3n) is 4.59. The normalized spacial score (nSPS) is 22.5. The third-order valence-corrected chi connectivity index (χ3v) is 6.50. The Kier molecular flexibility index (Phi) is 5.97. The first-order valence-corrected chi connectivity index (χ1v) is 9.20. The first kappa shape index (κ1) is 18.9. The highest BCUT2D eigenvalue weighted by molar-refractivity contribution is 7.89. The standard InChI is InChI=1S/C14H26N2O5S/c1-5-16(6-2)22(20,21)9-12(17)15-8-7-14(10-15,11(3)4)13(18)19/h11H,5-10H2,1-4H3,(H,18,19). The largest absolute Gasteiger partial charge is 0.481 e. The molecule has 0 bridgehead atoms. The Morgan fingerprint density at radius 2 is 1.82 bits per heavy atom. The number of carbonyl (C=O) groups is 2. The molecule has 0 aliphatic carbocycles. The molecule has 0 aromatic carbocycles. The molecule has 1 heterocycles. The van der Waals surface area contributed by atoms with Crippen LogP contribution in [0.1, 0.15) is 34.1 Å². The Hall–Kier alpha value is -1.15. The summed E-state index contributed by atoms with van der Waals surface area (Å²) in [6, 6.07) is 0. The van der Waals surface area contributed by atoms with Gasteiger partial charge in [-0.1, -0.05) is 27.7 Å². The van der Waals surface area contributed by atoms with Gasteiger partial charge in [-0.05, 0) is 12.3 Å². The highest BCUT2D eigenvalue weighted by atomic mass is 32.2. The van der Waals surface area contributed by atoms with Gasteiger partial charge in [0.2, 0.25) is 15.9 Å². The van der Waals surface area contributed by atoms with E-state index in [2.05, 4.69) is 0 Å². The smallest absolute Gasteiger partial charge is 0.311 e. The molecule has 7 nitrogen and oxygen atoms in total. The predicted molar refractivity (Wildman–Crippen MR) is 82.8 cm³/mol. The van der Waals surface area contributed by atoms with Crippen LogP contribution in [0.4, 0.5) is 0 Å². The van der Waals surface area contributed by atoms with Gasteiger partial charge in [0, 0.05) is 26.2 Å². The van der Waals surface area contributed by atoms with Crippen LogP contribution in [0, 0.1) is 11.3 Å². The molecular weight excluding hydrogens is 308 g/mol. The average Bonchev–Trinajstić information content (AvgIpc) is 2.85. The van der Waals surface area contributed by atoms with E-state index in [0.29, 0.717) is 19.5 Å². The van der Waals surface area contributed by atoms with Crippen molar-refractivity contribution in [3.63, 3.8) is 0 Å². The summed E-state index contributed by atoms with van der Waals surface area (Å²) in [6.07, 6.45) is 0.358. The van der Waals surface area contributed by atoms with Gasteiger partial charge in [-0.2, -0.15) is 0 Å². The molecule has 1 atom stereocenters. The average molecular weight is 334 g/mol. The molecule has 1 fully saturated rings. The Morgan fingerprint density at radius 1 is 1.27 bits per heavy atom. The lowest BCUT2D eigenvalue weighted by Crippen LogP contribution is -2.44. The summed E-state index contributed by atoms with van der Waals surface area (Å²) in [7, 11) is -3.64. The van der Waals surface area contributed by atoms with E-state index in [1.54, 1.807) is 13.8 Å². The van der Waals surface area contributed by atoms with Gasteiger partial charge in [-0.15, -0.1) is 0 Å². The Balaban J connectivity index is 2.83. The van der Waals surface area contributed by atoms with E-state index >= 15 is 0 Å². The molecule has 22 heavy (non-hydrogen) atoms. The van der Waals surface area contributed by atoms with E-state index in [9.17, 15) is 23.1 Å². The third kappa shape index (κ3) is 3.60. The second-order valence-electron chi connectivity index (χ2n) is 6.02. The quantitative estimate of drug-likeness (QED) is 0.736. The molecule has 1 unspecified atom stereocenters. The second kappa shape index (κ2) is 6.95. The monoisotopic (exact) mass is 334 g/mol. The lowest BCUT2D eigenvalue weighted by atomic mass is 9.76. The van der Waals surface area contributed by atoms with E-state index in [1.165, 1.54) is 9.21 Å². The lowest BCUT2D eigenvalue weighted by Gasteiger charge is -2.28. The van der Waals surface area contributed by atoms with Crippen molar-refractivity contribution in [1.29, 1.82) is 0 Å². The van der Waals surface area contributed by atoms with Crippen molar-refractivity contribution < 1.29 is 23.1 Å². The number of aliphatic carboxylic acids is 1. The van der Waals surface area contributed by atoms with E-state index in [1.807, 2.05) is 13.8 Å². The highest BCUT2D eigenvalue weighted by Crippen LogP contribution is 2.38. The fourth-order valence-electron chi connectivity index (χ4n) is 2.89. The van der Waals surface area contributed by atoms with Crippen LogP contribution in [-0.2, 0) is 19.6 Å². The number of amides is 1. The van der Waals surface area contributed by atoms with Crippen molar-refractivity contribution in [1.82, 2.24) is 9.21 Å². The van der Waals surface area contributed by atoms with E-state index in [4.69, 9.17) is 0 Å². The molecule has 128 valence electrons. The molecule has 1 rings (SSSR count). The molecule has 0 aromatic heterocycles. The minimum atomic E-state index is -3.64. The number of carbonyl (C=O) groups excluding carboxylic acids is 1. The van der Waals surface area contributed by atoms with Crippen LogP contribution in [0.15, 0.2) is 0 Å². The van der Waals surface area contributed by atoms with Crippen molar-refractivity contribution in [3.8, 4) is 0 Å². The van der Waals surface area contributed by atoms with Crippen LogP contribution >= 0.6 is 0 Å². The van der Waals surface area contributed by atoms with Crippen LogP contribution in [0.25, 0.3) is 0 Å². The van der Waals surface area contributed by atoms with Crippen molar-refractivity contribution in [3.05, 3.63) is 0 Å². The maximum atomic E-state index is 12.3. The Bertz CT molecular complexity index is 527. The molecule has 1 aliphatic heterocycles. The Morgan fingerprint density at radius 3 is 2.18 bits per heavy atom. The topological polar surface area (TPSA) is 95.0 Å². The summed E-state index contributed by atoms with van der Waals surface area (Å²) in [5.41, 5.74) is -0.978. The molecule has 1 N–H and O–H groups in total. The van der Waals surface area contributed by atoms with Crippen LogP contribution in [-0.4, -0.2) is 66.5 Å². The maximum absolute atomic E-state index is 12.3. The van der Waals surface area contributed by atoms with Gasteiger partial charge < -0.3 is 10.0 Å². The second-order valence-corrected chi connectivity index (χ2v) is 7.99. The molecular formula is C14H26N2O5S. The van der Waals surface area contributed by atoms with Gasteiger partial charge in [0.1, 0.15) is 5.75 Å². The molecule has 1 saturated heterocycles. The molecule has 0 aromatic rings. The number of hydrogen-bond donors (Lipinski definition) is 1. The van der Waals surface area contributed by atoms with Gasteiger partial charge in [0.15, 0.2) is 0 Å². The fourth-order valence-corrected chi connectivity index (χ4v) is 4.36. The van der Waals surface area contributed by atoms with Gasteiger partial charge in [0.05, 0.1) is 5.41 Å². The minimum absolute atomic E-state index is 0.0760. The van der Waals surface area contributed by atoms with Crippen molar-refractivity contribution in [2.45, 2.75) is 34.1 Å². The van der Waals surface area contributed by atoms with Gasteiger partial charge >= 0.3 is 5.97 Å². The summed E-state index contributed by atoms with van der Waals surface area (Å²) >= 11 is 0. The van der Waals surface area contributed by atoms with Gasteiger partial charge in [-0.25, -0.2) is 12.7 Å². The van der Waals surface area contributed by atoms with Crippen LogP contribution < -0.4 is 0 Å². The van der Waals surface area contributed by atoms with E-state index in [0.717, 1.165) is 0 Å². The van der Waals surface area contributed by atoms with Crippen molar-refractivity contribution in [2.75, 3.05) is 31.9 Å². The molecule has 8 heteroatoms. The number of sulfonamides is 1. The van der Waals surface area contributed by atoms with Crippen LogP contribution in [0.5, 0.6) is 0 Å². The molecule has 0 spiro atoms. The summed E-state index contributed by atoms with van der Waals surface area (Å²) in [6.45, 7) is 8.06. The number of nitrogens with zero attached hydrogens (tertiary/aromatic N) is 2. The first-order chi connectivity index (χ1) is 10.1. The van der Waals surface area contributed by atoms with Crippen molar-refractivity contribution in [2.24, 2.45) is 11.3 Å². The summed E-state index contributed by atoms with van der Waals surface area (Å²) in [5, 5.41) is 9.47. The minimum Gasteiger partial charge on any atom is -0.481 e. The zero-order valence-electron chi connectivity index (χ0n) is 13.7. The number of likely N-dealkylation sites (tertiary alicyclic amines) is 1. The maximum Gasteiger partial charge on any atom is 0.311 e. The molecule has 0 radical (unpaired) electrons. The first-order valence-electron chi connectivity index (χ1n) is 7.59. The summed E-state index contributed by atoms with van der Waals surface area (Å²) < 4.78 is 25.5. The SMILES string of the molecule is CCN(CC)S(=O)(=O)CC(=O)N1CCC(C(=O)O)(C(C)C)C1. The van der Waals surface area contributed by atoms with Gasteiger partial charge in [-0.3, -0.25) is 9.59 Å². The number of hydrogen-bond acceptors (Lipinski definition) is 4. The molecule has 1 aliphatic rings. The molecule has 0 saturated carbocycles. The van der Waals surface area contributed by atoms with Crippen LogP contribution in [0.3, 0.4) is 0 Å². The predicted octanol–water partition coefficient (Wildman–Crippen LogP) is 0.617. The summed E-state index contributed by atoms with van der Waals surface area (Å²) in [5.74, 6) is -2.16. The summed E-state index contributed by atoms with van der Waals surface area (Å²) in [4.78, 5) is 25.2. The molecule has 1 amide bonds. The fraction of sp³-hybridized carbons (Fsp3) is 0.857. The number of carboxylic acids is 1. The highest BCUT2D eigenvalue weighted by Gasteiger charge is 2.48. The van der Waals surface area contributed by atoms with Crippen molar-refractivity contribution >= 4 is 21.9 Å². The van der Waals surface area contributed by atoms with Crippen LogP contribution in [0.2, 0.25) is 0 Å². The van der Waals surface area contributed by atoms with Gasteiger partial charge in [0.25, 0.3) is 0 Å². The van der Waals surface area contributed by atoms with E-state index in [-0.39, 0.29) is 19.0 Å². The zero-order valence-corrected chi connectivity index (χ0v) is 14.5. The number of carboxylic acid groups (broad SMARTS) is 1.